The molecule has 134 valence electrons. The van der Waals surface area contributed by atoms with Crippen LogP contribution in [0.15, 0.2) is 64.9 Å². The molecule has 0 saturated heterocycles. The van der Waals surface area contributed by atoms with E-state index in [0.29, 0.717) is 22.3 Å². The number of alkyl halides is 2. The molecule has 0 aliphatic carbocycles. The highest BCUT2D eigenvalue weighted by Gasteiger charge is 2.10. The molecule has 0 radical (unpaired) electrons. The number of halogens is 2. The minimum Gasteiger partial charge on any atom is -0.326 e. The topological polar surface area (TPSA) is 42.0 Å². The van der Waals surface area contributed by atoms with E-state index in [1.54, 1.807) is 24.3 Å². The van der Waals surface area contributed by atoms with E-state index in [1.165, 1.54) is 16.9 Å². The van der Waals surface area contributed by atoms with E-state index in [9.17, 15) is 13.6 Å². The van der Waals surface area contributed by atoms with Gasteiger partial charge in [0.15, 0.2) is 0 Å². The van der Waals surface area contributed by atoms with Crippen LogP contribution in [0.4, 0.5) is 14.5 Å². The van der Waals surface area contributed by atoms with Gasteiger partial charge < -0.3 is 5.32 Å². The van der Waals surface area contributed by atoms with Gasteiger partial charge in [-0.3, -0.25) is 4.79 Å². The highest BCUT2D eigenvalue weighted by Crippen LogP contribution is 2.26. The maximum Gasteiger partial charge on any atom is 0.288 e. The Morgan fingerprint density at radius 1 is 1.12 bits per heavy atom. The number of anilines is 1. The van der Waals surface area contributed by atoms with Gasteiger partial charge in [0.2, 0.25) is 5.91 Å². The normalized spacial score (nSPS) is 10.9. The summed E-state index contributed by atoms with van der Waals surface area (Å²) in [7, 11) is 0. The lowest BCUT2D eigenvalue weighted by atomic mass is 10.2. The first-order chi connectivity index (χ1) is 12.6. The quantitative estimate of drug-likeness (QED) is 0.562. The number of carbonyl (C=O) groups excluding carboxylic acids is 1. The zero-order chi connectivity index (χ0) is 18.4. The molecule has 0 saturated carbocycles. The fourth-order valence-corrected chi connectivity index (χ4v) is 3.70. The van der Waals surface area contributed by atoms with Crippen LogP contribution in [-0.4, -0.2) is 16.6 Å². The first-order valence-corrected chi connectivity index (χ1v) is 9.66. The van der Waals surface area contributed by atoms with E-state index in [2.05, 4.69) is 10.3 Å². The molecule has 0 aliphatic heterocycles. The number of carbonyl (C=O) groups is 1. The summed E-state index contributed by atoms with van der Waals surface area (Å²) in [5, 5.41) is 5.61. The molecule has 3 aromatic rings. The highest BCUT2D eigenvalue weighted by molar-refractivity contribution is 7.99. The van der Waals surface area contributed by atoms with Gasteiger partial charge in [-0.2, -0.15) is 8.78 Å². The Morgan fingerprint density at radius 3 is 2.54 bits per heavy atom. The molecule has 0 bridgehead atoms. The molecule has 0 atom stereocenters. The number of hydrogen-bond acceptors (Lipinski definition) is 4. The average Bonchev–Trinajstić information content (AvgIpc) is 3.04. The zero-order valence-electron chi connectivity index (χ0n) is 13.7. The summed E-state index contributed by atoms with van der Waals surface area (Å²) in [4.78, 5) is 17.1. The number of aromatic nitrogens is 1. The molecule has 26 heavy (non-hydrogen) atoms. The molecule has 3 rings (SSSR count). The van der Waals surface area contributed by atoms with Crippen molar-refractivity contribution < 1.29 is 13.6 Å². The van der Waals surface area contributed by atoms with Crippen LogP contribution < -0.4 is 5.32 Å². The molecule has 1 N–H and O–H groups in total. The lowest BCUT2D eigenvalue weighted by Gasteiger charge is -2.05. The van der Waals surface area contributed by atoms with Crippen molar-refractivity contribution in [2.45, 2.75) is 23.5 Å². The predicted octanol–water partition coefficient (Wildman–Crippen LogP) is 5.23. The second-order valence-electron chi connectivity index (χ2n) is 5.52. The van der Waals surface area contributed by atoms with Crippen LogP contribution in [0.25, 0.3) is 0 Å². The van der Waals surface area contributed by atoms with Gasteiger partial charge in [-0.25, -0.2) is 4.98 Å². The van der Waals surface area contributed by atoms with E-state index < -0.39 is 5.76 Å². The van der Waals surface area contributed by atoms with Crippen LogP contribution in [0.3, 0.4) is 0 Å². The molecule has 0 spiro atoms. The number of rotatable bonds is 7. The molecule has 1 heterocycles. The summed E-state index contributed by atoms with van der Waals surface area (Å²) in [6, 6.07) is 16.4. The van der Waals surface area contributed by atoms with Crippen molar-refractivity contribution in [2.24, 2.45) is 0 Å². The fourth-order valence-electron chi connectivity index (χ4n) is 2.37. The summed E-state index contributed by atoms with van der Waals surface area (Å²) >= 11 is 2.01. The Hall–Kier alpha value is -2.25. The van der Waals surface area contributed by atoms with Crippen molar-refractivity contribution in [2.75, 3.05) is 5.32 Å². The van der Waals surface area contributed by atoms with E-state index >= 15 is 0 Å². The number of benzene rings is 2. The van der Waals surface area contributed by atoms with Gasteiger partial charge in [-0.1, -0.05) is 42.1 Å². The van der Waals surface area contributed by atoms with Crippen molar-refractivity contribution >= 4 is 34.7 Å². The molecular formula is C19H16F2N2OS2. The molecule has 2 aromatic carbocycles. The third-order valence-corrected chi connectivity index (χ3v) is 5.12. The van der Waals surface area contributed by atoms with Gasteiger partial charge in [0, 0.05) is 22.4 Å². The van der Waals surface area contributed by atoms with Gasteiger partial charge in [0.1, 0.15) is 0 Å². The molecule has 1 amide bonds. The first-order valence-electron chi connectivity index (χ1n) is 7.90. The average molecular weight is 390 g/mol. The van der Waals surface area contributed by atoms with Crippen molar-refractivity contribution in [1.82, 2.24) is 4.98 Å². The number of nitrogens with one attached hydrogen (secondary N) is 1. The fraction of sp³-hybridized carbons (Fsp3) is 0.158. The summed E-state index contributed by atoms with van der Waals surface area (Å²) in [6.07, 6.45) is 0.926. The second kappa shape index (κ2) is 8.91. The van der Waals surface area contributed by atoms with Crippen LogP contribution in [0, 0.1) is 0 Å². The maximum atomic E-state index is 12.3. The summed E-state index contributed by atoms with van der Waals surface area (Å²) < 4.78 is 24.6. The molecule has 3 nitrogen and oxygen atoms in total. The molecule has 0 aliphatic rings. The van der Waals surface area contributed by atoms with Gasteiger partial charge in [-0.05, 0) is 29.8 Å². The monoisotopic (exact) mass is 390 g/mol. The Bertz CT molecular complexity index is 851. The van der Waals surface area contributed by atoms with Crippen molar-refractivity contribution in [3.8, 4) is 0 Å². The Kier molecular flexibility index (Phi) is 6.35. The largest absolute Gasteiger partial charge is 0.326 e. The smallest absolute Gasteiger partial charge is 0.288 e. The van der Waals surface area contributed by atoms with E-state index in [1.807, 2.05) is 35.7 Å². The van der Waals surface area contributed by atoms with Crippen molar-refractivity contribution in [1.29, 1.82) is 0 Å². The predicted molar refractivity (Wildman–Crippen MR) is 102 cm³/mol. The van der Waals surface area contributed by atoms with Crippen LogP contribution in [0.5, 0.6) is 0 Å². The summed E-state index contributed by atoms with van der Waals surface area (Å²) in [6.45, 7) is 0. The number of nitrogens with zero attached hydrogens (tertiary/aromatic N) is 1. The minimum atomic E-state index is -2.45. The van der Waals surface area contributed by atoms with Crippen LogP contribution >= 0.6 is 23.1 Å². The van der Waals surface area contributed by atoms with Gasteiger partial charge in [0.25, 0.3) is 5.76 Å². The summed E-state index contributed by atoms with van der Waals surface area (Å²) in [5.41, 5.74) is 2.48. The van der Waals surface area contributed by atoms with E-state index in [-0.39, 0.29) is 12.3 Å². The Morgan fingerprint density at radius 2 is 1.85 bits per heavy atom. The Labute approximate surface area is 158 Å². The minimum absolute atomic E-state index is 0.179. The number of amides is 1. The van der Waals surface area contributed by atoms with Gasteiger partial charge in [0.05, 0.1) is 17.1 Å². The highest BCUT2D eigenvalue weighted by atomic mass is 32.2. The molecule has 1 aromatic heterocycles. The third-order valence-electron chi connectivity index (χ3n) is 3.50. The molecule has 0 unspecified atom stereocenters. The Balaban J connectivity index is 1.53. The van der Waals surface area contributed by atoms with E-state index in [4.69, 9.17) is 0 Å². The number of thiazole rings is 1. The van der Waals surface area contributed by atoms with E-state index in [0.717, 1.165) is 17.1 Å². The third kappa shape index (κ3) is 5.64. The molecule has 7 heteroatoms. The van der Waals surface area contributed by atoms with Gasteiger partial charge in [-0.15, -0.1) is 11.3 Å². The second-order valence-corrected chi connectivity index (χ2v) is 7.53. The van der Waals surface area contributed by atoms with Gasteiger partial charge >= 0.3 is 0 Å². The van der Waals surface area contributed by atoms with Crippen LogP contribution in [0.2, 0.25) is 0 Å². The molecular weight excluding hydrogens is 374 g/mol. The first kappa shape index (κ1) is 18.5. The summed E-state index contributed by atoms with van der Waals surface area (Å²) in [5.74, 6) is -2.64. The van der Waals surface area contributed by atoms with Crippen molar-refractivity contribution in [3.63, 3.8) is 0 Å². The number of hydrogen-bond donors (Lipinski definition) is 1. The molecule has 0 fully saturated rings. The van der Waals surface area contributed by atoms with Crippen LogP contribution in [0.1, 0.15) is 16.3 Å². The lowest BCUT2D eigenvalue weighted by Crippen LogP contribution is -2.14. The SMILES string of the molecule is O=C(Cc1csc(Cc2ccccc2)n1)Nc1ccc(SC(F)F)cc1. The van der Waals surface area contributed by atoms with Crippen LogP contribution in [-0.2, 0) is 17.6 Å². The van der Waals surface area contributed by atoms with Crippen molar-refractivity contribution in [3.05, 3.63) is 76.2 Å². The lowest BCUT2D eigenvalue weighted by molar-refractivity contribution is -0.115. The maximum absolute atomic E-state index is 12.3. The standard InChI is InChI=1S/C19H16F2N2OS2/c20-19(21)26-16-8-6-14(7-9-16)22-17(24)11-15-12-25-18(23-15)10-13-4-2-1-3-5-13/h1-9,12,19H,10-11H2,(H,22,24). The zero-order valence-corrected chi connectivity index (χ0v) is 15.3. The number of thioether (sulfide) groups is 1.